The molecule has 0 spiro atoms. The van der Waals surface area contributed by atoms with Gasteiger partial charge in [0.05, 0.1) is 11.5 Å². The van der Waals surface area contributed by atoms with Crippen molar-refractivity contribution < 1.29 is 9.47 Å². The molecule has 148 valence electrons. The van der Waals surface area contributed by atoms with Crippen LogP contribution in [0.1, 0.15) is 37.8 Å². The number of benzene rings is 2. The van der Waals surface area contributed by atoms with Gasteiger partial charge in [-0.25, -0.2) is 0 Å². The van der Waals surface area contributed by atoms with Crippen LogP contribution in [0, 0.1) is 24.2 Å². The van der Waals surface area contributed by atoms with Gasteiger partial charge in [0.1, 0.15) is 12.7 Å². The highest BCUT2D eigenvalue weighted by atomic mass is 16.6. The van der Waals surface area contributed by atoms with Gasteiger partial charge in [0.2, 0.25) is 0 Å². The van der Waals surface area contributed by atoms with Gasteiger partial charge in [-0.15, -0.1) is 0 Å². The molecule has 1 aliphatic heterocycles. The molecule has 0 amide bonds. The van der Waals surface area contributed by atoms with E-state index in [1.165, 1.54) is 5.56 Å². The van der Waals surface area contributed by atoms with Gasteiger partial charge >= 0.3 is 0 Å². The largest absolute Gasteiger partial charge is 0.486 e. The first kappa shape index (κ1) is 20.2. The summed E-state index contributed by atoms with van der Waals surface area (Å²) in [5.41, 5.74) is 1.90. The Bertz CT molecular complexity index is 827. The summed E-state index contributed by atoms with van der Waals surface area (Å²) < 4.78 is 11.7. The third-order valence-corrected chi connectivity index (χ3v) is 5.67. The van der Waals surface area contributed by atoms with E-state index in [-0.39, 0.29) is 12.0 Å². The number of nitrogens with zero attached hydrogens (tertiary/aromatic N) is 1. The summed E-state index contributed by atoms with van der Waals surface area (Å²) in [6, 6.07) is 18.7. The molecule has 0 bridgehead atoms. The minimum Gasteiger partial charge on any atom is -0.486 e. The molecule has 1 N–H and O–H groups in total. The number of ether oxygens (including phenoxy) is 2. The van der Waals surface area contributed by atoms with Gasteiger partial charge in [-0.3, -0.25) is 0 Å². The topological polar surface area (TPSA) is 54.3 Å². The van der Waals surface area contributed by atoms with E-state index in [1.807, 2.05) is 36.4 Å². The van der Waals surface area contributed by atoms with E-state index >= 15 is 0 Å². The summed E-state index contributed by atoms with van der Waals surface area (Å²) in [6.07, 6.45) is 1.78. The highest BCUT2D eigenvalue weighted by molar-refractivity contribution is 5.41. The third-order valence-electron chi connectivity index (χ3n) is 5.67. The zero-order chi connectivity index (χ0) is 20.0. The van der Waals surface area contributed by atoms with Crippen LogP contribution in [0.15, 0.2) is 48.5 Å². The third kappa shape index (κ3) is 4.31. The standard InChI is InChI=1S/C24H30N2O2/c1-18(2)24(17-25,21-10-5-4-9-19(21)3)13-8-14-26-15-20-16-27-22-11-6-7-12-23(22)28-20/h4-7,9-12,18,20,26H,8,13-16H2,1-3H3/t20-,24-/m1/s1. The molecule has 0 unspecified atom stereocenters. The molecule has 3 rings (SSSR count). The van der Waals surface area contributed by atoms with Crippen molar-refractivity contribution in [2.75, 3.05) is 19.7 Å². The van der Waals surface area contributed by atoms with E-state index in [0.717, 1.165) is 43.0 Å². The molecule has 0 aromatic heterocycles. The van der Waals surface area contributed by atoms with Crippen molar-refractivity contribution in [1.29, 1.82) is 5.26 Å². The van der Waals surface area contributed by atoms with E-state index < -0.39 is 5.41 Å². The lowest BCUT2D eigenvalue weighted by molar-refractivity contribution is 0.0904. The number of nitriles is 1. The lowest BCUT2D eigenvalue weighted by atomic mass is 9.68. The van der Waals surface area contributed by atoms with Crippen LogP contribution in [-0.2, 0) is 5.41 Å². The average Bonchev–Trinajstić information content (AvgIpc) is 2.71. The summed E-state index contributed by atoms with van der Waals surface area (Å²) in [7, 11) is 0. The van der Waals surface area contributed by atoms with Crippen molar-refractivity contribution >= 4 is 0 Å². The quantitative estimate of drug-likeness (QED) is 0.681. The van der Waals surface area contributed by atoms with Crippen LogP contribution in [0.2, 0.25) is 0 Å². The van der Waals surface area contributed by atoms with Gasteiger partial charge in [-0.05, 0) is 55.5 Å². The maximum atomic E-state index is 10.1. The number of nitrogens with one attached hydrogen (secondary N) is 1. The maximum Gasteiger partial charge on any atom is 0.161 e. The monoisotopic (exact) mass is 378 g/mol. The van der Waals surface area contributed by atoms with Gasteiger partial charge < -0.3 is 14.8 Å². The highest BCUT2D eigenvalue weighted by Gasteiger charge is 2.36. The fourth-order valence-corrected chi connectivity index (χ4v) is 3.97. The van der Waals surface area contributed by atoms with E-state index in [9.17, 15) is 5.26 Å². The van der Waals surface area contributed by atoms with Crippen LogP contribution >= 0.6 is 0 Å². The minimum absolute atomic E-state index is 0.0112. The van der Waals surface area contributed by atoms with Crippen LogP contribution in [0.4, 0.5) is 0 Å². The lowest BCUT2D eigenvalue weighted by Gasteiger charge is -2.33. The summed E-state index contributed by atoms with van der Waals surface area (Å²) in [5.74, 6) is 1.88. The number of aryl methyl sites for hydroxylation is 1. The summed E-state index contributed by atoms with van der Waals surface area (Å²) in [4.78, 5) is 0. The Morgan fingerprint density at radius 1 is 1.14 bits per heavy atom. The fourth-order valence-electron chi connectivity index (χ4n) is 3.97. The molecule has 0 radical (unpaired) electrons. The van der Waals surface area contributed by atoms with Crippen molar-refractivity contribution in [2.24, 2.45) is 5.92 Å². The predicted octanol–water partition coefficient (Wildman–Crippen LogP) is 4.62. The molecule has 1 heterocycles. The Kier molecular flexibility index (Phi) is 6.59. The highest BCUT2D eigenvalue weighted by Crippen LogP contribution is 2.38. The van der Waals surface area contributed by atoms with Gasteiger partial charge in [0.25, 0.3) is 0 Å². The molecule has 4 nitrogen and oxygen atoms in total. The molecule has 0 fully saturated rings. The van der Waals surface area contributed by atoms with Gasteiger partial charge in [0, 0.05) is 6.54 Å². The summed E-state index contributed by atoms with van der Waals surface area (Å²) in [6.45, 7) is 8.53. The number of fused-ring (bicyclic) bond motifs is 1. The summed E-state index contributed by atoms with van der Waals surface area (Å²) >= 11 is 0. The molecule has 2 aromatic carbocycles. The van der Waals surface area contributed by atoms with Crippen molar-refractivity contribution in [3.63, 3.8) is 0 Å². The fraction of sp³-hybridized carbons (Fsp3) is 0.458. The second-order valence-corrected chi connectivity index (χ2v) is 7.86. The first-order valence-electron chi connectivity index (χ1n) is 10.1. The van der Waals surface area contributed by atoms with E-state index in [1.54, 1.807) is 0 Å². The lowest BCUT2D eigenvalue weighted by Crippen LogP contribution is -2.39. The number of para-hydroxylation sites is 2. The van der Waals surface area contributed by atoms with Crippen LogP contribution in [-0.4, -0.2) is 25.8 Å². The predicted molar refractivity (Wildman–Crippen MR) is 112 cm³/mol. The molecule has 2 aromatic rings. The normalized spacial score (nSPS) is 17.8. The zero-order valence-electron chi connectivity index (χ0n) is 17.1. The molecular weight excluding hydrogens is 348 g/mol. The maximum absolute atomic E-state index is 10.1. The second-order valence-electron chi connectivity index (χ2n) is 7.86. The number of rotatable bonds is 8. The Morgan fingerprint density at radius 3 is 2.57 bits per heavy atom. The zero-order valence-corrected chi connectivity index (χ0v) is 17.1. The molecule has 1 aliphatic rings. The SMILES string of the molecule is Cc1ccccc1[C@@](C#N)(CCCNC[C@@H]1COc2ccccc2O1)C(C)C. The molecule has 0 saturated carbocycles. The van der Waals surface area contributed by atoms with Gasteiger partial charge in [0.15, 0.2) is 11.5 Å². The number of hydrogen-bond acceptors (Lipinski definition) is 4. The number of hydrogen-bond donors (Lipinski definition) is 1. The van der Waals surface area contributed by atoms with Gasteiger partial charge in [-0.2, -0.15) is 5.26 Å². The van der Waals surface area contributed by atoms with Crippen molar-refractivity contribution in [3.05, 3.63) is 59.7 Å². The van der Waals surface area contributed by atoms with Crippen LogP contribution in [0.25, 0.3) is 0 Å². The molecule has 4 heteroatoms. The van der Waals surface area contributed by atoms with E-state index in [0.29, 0.717) is 6.61 Å². The van der Waals surface area contributed by atoms with Crippen LogP contribution in [0.3, 0.4) is 0 Å². The molecular formula is C24H30N2O2. The second kappa shape index (κ2) is 9.12. The van der Waals surface area contributed by atoms with E-state index in [4.69, 9.17) is 9.47 Å². The van der Waals surface area contributed by atoms with Crippen molar-refractivity contribution in [2.45, 2.75) is 45.1 Å². The molecule has 0 aliphatic carbocycles. The Balaban J connectivity index is 1.52. The van der Waals surface area contributed by atoms with Crippen LogP contribution in [0.5, 0.6) is 11.5 Å². The first-order valence-corrected chi connectivity index (χ1v) is 10.1. The smallest absolute Gasteiger partial charge is 0.161 e. The molecule has 28 heavy (non-hydrogen) atoms. The molecule has 0 saturated heterocycles. The Labute approximate surface area is 168 Å². The van der Waals surface area contributed by atoms with E-state index in [2.05, 4.69) is 44.3 Å². The average molecular weight is 379 g/mol. The van der Waals surface area contributed by atoms with Gasteiger partial charge in [-0.1, -0.05) is 50.2 Å². The first-order chi connectivity index (χ1) is 13.6. The van der Waals surface area contributed by atoms with Crippen LogP contribution < -0.4 is 14.8 Å². The Hall–Kier alpha value is -2.51. The molecule has 2 atom stereocenters. The Morgan fingerprint density at radius 2 is 1.86 bits per heavy atom. The minimum atomic E-state index is -0.448. The van der Waals surface area contributed by atoms with Crippen molar-refractivity contribution in [1.82, 2.24) is 5.32 Å². The summed E-state index contributed by atoms with van der Waals surface area (Å²) in [5, 5.41) is 13.5. The van der Waals surface area contributed by atoms with Crippen molar-refractivity contribution in [3.8, 4) is 17.6 Å².